The van der Waals surface area contributed by atoms with Gasteiger partial charge in [0.2, 0.25) is 5.91 Å². The maximum Gasteiger partial charge on any atom is 0.416 e. The number of nitrogen functional groups attached to an aromatic ring is 1. The van der Waals surface area contributed by atoms with Crippen molar-refractivity contribution >= 4 is 17.4 Å². The van der Waals surface area contributed by atoms with Gasteiger partial charge in [0, 0.05) is 17.2 Å². The Labute approximate surface area is 184 Å². The Balaban J connectivity index is 1.50. The van der Waals surface area contributed by atoms with E-state index in [1.807, 2.05) is 0 Å². The van der Waals surface area contributed by atoms with Crippen molar-refractivity contribution in [3.8, 4) is 0 Å². The molecule has 2 aliphatic heterocycles. The molecule has 0 saturated carbocycles. The zero-order chi connectivity index (χ0) is 23.0. The number of aromatic nitrogens is 2. The molecular formula is C22H27F3N6O. The first-order valence-electron chi connectivity index (χ1n) is 10.7. The minimum absolute atomic E-state index is 0.0110. The third-order valence-corrected chi connectivity index (χ3v) is 6.26. The largest absolute Gasteiger partial charge is 0.416 e. The molecule has 172 valence electrons. The van der Waals surface area contributed by atoms with Gasteiger partial charge in [-0.05, 0) is 63.7 Å². The molecule has 1 aromatic heterocycles. The number of likely N-dealkylation sites (tertiary alicyclic amines) is 1. The number of benzene rings is 1. The van der Waals surface area contributed by atoms with Gasteiger partial charge in [-0.25, -0.2) is 9.97 Å². The first kappa shape index (κ1) is 22.3. The SMILES string of the molecule is C[C@@H](Nc1ncnc2c1CN(C(=O)C1CCN(C)CC1)C2)c1cc(N)cc(C(F)(F)F)c1. The van der Waals surface area contributed by atoms with Crippen molar-refractivity contribution in [2.45, 2.75) is 45.1 Å². The van der Waals surface area contributed by atoms with E-state index in [1.54, 1.807) is 11.8 Å². The quantitative estimate of drug-likeness (QED) is 0.697. The van der Waals surface area contributed by atoms with Crippen LogP contribution in [0.1, 0.15) is 48.2 Å². The lowest BCUT2D eigenvalue weighted by Gasteiger charge is -2.30. The van der Waals surface area contributed by atoms with E-state index in [0.717, 1.165) is 49.3 Å². The fourth-order valence-electron chi connectivity index (χ4n) is 4.35. The molecule has 1 saturated heterocycles. The van der Waals surface area contributed by atoms with E-state index in [0.29, 0.717) is 24.5 Å². The molecule has 3 heterocycles. The van der Waals surface area contributed by atoms with Crippen molar-refractivity contribution in [1.82, 2.24) is 19.8 Å². The maximum absolute atomic E-state index is 13.2. The molecule has 1 aromatic carbocycles. The van der Waals surface area contributed by atoms with Crippen LogP contribution >= 0.6 is 0 Å². The van der Waals surface area contributed by atoms with E-state index < -0.39 is 17.8 Å². The van der Waals surface area contributed by atoms with Gasteiger partial charge in [0.05, 0.1) is 30.4 Å². The van der Waals surface area contributed by atoms with Crippen molar-refractivity contribution in [2.75, 3.05) is 31.2 Å². The first-order chi connectivity index (χ1) is 15.1. The van der Waals surface area contributed by atoms with Crippen LogP contribution in [-0.2, 0) is 24.1 Å². The van der Waals surface area contributed by atoms with Crippen LogP contribution in [0, 0.1) is 5.92 Å². The standard InChI is InChI=1S/C22H27F3N6O/c1-13(15-7-16(22(23,24)25)9-17(26)8-15)29-20-18-10-31(11-19(18)27-12-28-20)21(32)14-3-5-30(2)6-4-14/h7-9,12-14H,3-6,10-11,26H2,1-2H3,(H,27,28,29)/t13-/m1/s1. The van der Waals surface area contributed by atoms with Crippen LogP contribution in [0.4, 0.5) is 24.7 Å². The molecule has 2 aromatic rings. The zero-order valence-corrected chi connectivity index (χ0v) is 18.1. The summed E-state index contributed by atoms with van der Waals surface area (Å²) in [6, 6.07) is 3.05. The van der Waals surface area contributed by atoms with Crippen LogP contribution in [0.2, 0.25) is 0 Å². The monoisotopic (exact) mass is 448 g/mol. The van der Waals surface area contributed by atoms with Gasteiger partial charge in [-0.1, -0.05) is 0 Å². The number of anilines is 2. The Kier molecular flexibility index (Phi) is 5.98. The van der Waals surface area contributed by atoms with Gasteiger partial charge in [-0.2, -0.15) is 13.2 Å². The van der Waals surface area contributed by atoms with Crippen molar-refractivity contribution < 1.29 is 18.0 Å². The van der Waals surface area contributed by atoms with Crippen molar-refractivity contribution in [3.63, 3.8) is 0 Å². The smallest absolute Gasteiger partial charge is 0.399 e. The predicted molar refractivity (Wildman–Crippen MR) is 114 cm³/mol. The van der Waals surface area contributed by atoms with E-state index in [-0.39, 0.29) is 17.5 Å². The minimum Gasteiger partial charge on any atom is -0.399 e. The number of fused-ring (bicyclic) bond motifs is 1. The van der Waals surface area contributed by atoms with E-state index >= 15 is 0 Å². The number of halogens is 3. The van der Waals surface area contributed by atoms with Gasteiger partial charge < -0.3 is 20.9 Å². The third kappa shape index (κ3) is 4.64. The van der Waals surface area contributed by atoms with E-state index in [4.69, 9.17) is 5.73 Å². The normalized spacial score (nSPS) is 18.5. The number of carbonyl (C=O) groups is 1. The summed E-state index contributed by atoms with van der Waals surface area (Å²) in [7, 11) is 2.05. The first-order valence-corrected chi connectivity index (χ1v) is 10.7. The third-order valence-electron chi connectivity index (χ3n) is 6.26. The highest BCUT2D eigenvalue weighted by Gasteiger charge is 2.34. The molecule has 7 nitrogen and oxygen atoms in total. The van der Waals surface area contributed by atoms with E-state index in [1.165, 1.54) is 12.4 Å². The van der Waals surface area contributed by atoms with Gasteiger partial charge in [-0.15, -0.1) is 0 Å². The summed E-state index contributed by atoms with van der Waals surface area (Å²) in [6.07, 6.45) is -1.38. The molecule has 0 radical (unpaired) electrons. The molecule has 1 fully saturated rings. The number of hydrogen-bond acceptors (Lipinski definition) is 6. The lowest BCUT2D eigenvalue weighted by atomic mass is 9.96. The summed E-state index contributed by atoms with van der Waals surface area (Å²) in [5, 5.41) is 3.19. The lowest BCUT2D eigenvalue weighted by Crippen LogP contribution is -2.39. The number of nitrogens with two attached hydrogens (primary N) is 1. The van der Waals surface area contributed by atoms with Gasteiger partial charge in [0.1, 0.15) is 12.1 Å². The summed E-state index contributed by atoms with van der Waals surface area (Å²) < 4.78 is 39.5. The summed E-state index contributed by atoms with van der Waals surface area (Å²) >= 11 is 0. The fraction of sp³-hybridized carbons (Fsp3) is 0.500. The molecule has 1 amide bonds. The molecular weight excluding hydrogens is 421 g/mol. The summed E-state index contributed by atoms with van der Waals surface area (Å²) in [5.74, 6) is 0.662. The van der Waals surface area contributed by atoms with E-state index in [9.17, 15) is 18.0 Å². The summed E-state index contributed by atoms with van der Waals surface area (Å²) in [6.45, 7) is 4.37. The van der Waals surface area contributed by atoms with Crippen LogP contribution in [-0.4, -0.2) is 45.8 Å². The average Bonchev–Trinajstić information content (AvgIpc) is 3.18. The average molecular weight is 448 g/mol. The second-order valence-corrected chi connectivity index (χ2v) is 8.67. The summed E-state index contributed by atoms with van der Waals surface area (Å²) in [5.41, 5.74) is 6.94. The highest BCUT2D eigenvalue weighted by molar-refractivity contribution is 5.80. The second kappa shape index (κ2) is 8.57. The molecule has 0 spiro atoms. The Morgan fingerprint density at radius 1 is 1.19 bits per heavy atom. The topological polar surface area (TPSA) is 87.4 Å². The van der Waals surface area contributed by atoms with Crippen molar-refractivity contribution in [1.29, 1.82) is 0 Å². The van der Waals surface area contributed by atoms with Gasteiger partial charge in [-0.3, -0.25) is 4.79 Å². The Morgan fingerprint density at radius 3 is 2.59 bits per heavy atom. The van der Waals surface area contributed by atoms with Crippen LogP contribution in [0.25, 0.3) is 0 Å². The molecule has 0 unspecified atom stereocenters. The molecule has 1 atom stereocenters. The number of nitrogens with zero attached hydrogens (tertiary/aromatic N) is 4. The molecule has 4 rings (SSSR count). The van der Waals surface area contributed by atoms with Crippen LogP contribution < -0.4 is 11.1 Å². The molecule has 2 aliphatic rings. The van der Waals surface area contributed by atoms with Gasteiger partial charge >= 0.3 is 6.18 Å². The molecule has 10 heteroatoms. The number of piperidine rings is 1. The Bertz CT molecular complexity index is 1000. The van der Waals surface area contributed by atoms with Crippen LogP contribution in [0.5, 0.6) is 0 Å². The van der Waals surface area contributed by atoms with Gasteiger partial charge in [0.25, 0.3) is 0 Å². The Morgan fingerprint density at radius 2 is 1.91 bits per heavy atom. The second-order valence-electron chi connectivity index (χ2n) is 8.67. The molecule has 32 heavy (non-hydrogen) atoms. The highest BCUT2D eigenvalue weighted by atomic mass is 19.4. The number of amides is 1. The lowest BCUT2D eigenvalue weighted by molar-refractivity contribution is -0.138. The number of nitrogens with one attached hydrogen (secondary N) is 1. The fourth-order valence-corrected chi connectivity index (χ4v) is 4.35. The van der Waals surface area contributed by atoms with Crippen molar-refractivity contribution in [2.24, 2.45) is 5.92 Å². The zero-order valence-electron chi connectivity index (χ0n) is 18.1. The van der Waals surface area contributed by atoms with Crippen molar-refractivity contribution in [3.05, 3.63) is 46.9 Å². The van der Waals surface area contributed by atoms with Crippen LogP contribution in [0.15, 0.2) is 24.5 Å². The number of alkyl halides is 3. The number of carbonyl (C=O) groups excluding carboxylic acids is 1. The molecule has 3 N–H and O–H groups in total. The number of hydrogen-bond donors (Lipinski definition) is 2. The molecule has 0 aliphatic carbocycles. The highest BCUT2D eigenvalue weighted by Crippen LogP contribution is 2.35. The Hall–Kier alpha value is -2.88. The molecule has 0 bridgehead atoms. The maximum atomic E-state index is 13.2. The number of rotatable bonds is 4. The summed E-state index contributed by atoms with van der Waals surface area (Å²) in [4.78, 5) is 25.7. The van der Waals surface area contributed by atoms with E-state index in [2.05, 4.69) is 27.2 Å². The van der Waals surface area contributed by atoms with Crippen LogP contribution in [0.3, 0.4) is 0 Å². The predicted octanol–water partition coefficient (Wildman–Crippen LogP) is 3.43. The minimum atomic E-state index is -4.48. The van der Waals surface area contributed by atoms with Gasteiger partial charge in [0.15, 0.2) is 0 Å².